The van der Waals surface area contributed by atoms with Crippen LogP contribution in [0, 0.1) is 0 Å². The van der Waals surface area contributed by atoms with Crippen molar-refractivity contribution in [1.82, 2.24) is 23.9 Å². The van der Waals surface area contributed by atoms with Crippen molar-refractivity contribution in [3.63, 3.8) is 0 Å². The zero-order valence-corrected chi connectivity index (χ0v) is 16.8. The number of anilines is 1. The lowest BCUT2D eigenvalue weighted by molar-refractivity contribution is 0.0991. The van der Waals surface area contributed by atoms with Gasteiger partial charge in [-0.1, -0.05) is 0 Å². The second-order valence-electron chi connectivity index (χ2n) is 7.22. The third kappa shape index (κ3) is 2.95. The van der Waals surface area contributed by atoms with E-state index in [9.17, 15) is 8.42 Å². The number of fused-ring (bicyclic) bond motifs is 2. The van der Waals surface area contributed by atoms with E-state index in [-0.39, 0.29) is 6.04 Å². The van der Waals surface area contributed by atoms with Crippen molar-refractivity contribution in [2.75, 3.05) is 30.9 Å². The van der Waals surface area contributed by atoms with Gasteiger partial charge in [-0.15, -0.1) is 0 Å². The van der Waals surface area contributed by atoms with Crippen molar-refractivity contribution in [3.05, 3.63) is 36.9 Å². The molecule has 1 aliphatic rings. The maximum Gasteiger partial charge on any atom is 0.237 e. The Hall–Kier alpha value is -2.98. The predicted molar refractivity (Wildman–Crippen MR) is 110 cm³/mol. The number of hydrogen-bond acceptors (Lipinski definition) is 7. The molecule has 0 spiro atoms. The minimum absolute atomic E-state index is 0.154. The van der Waals surface area contributed by atoms with E-state index < -0.39 is 10.0 Å². The van der Waals surface area contributed by atoms with E-state index in [1.165, 1.54) is 16.6 Å². The molecule has 0 aromatic carbocycles. The molecule has 0 aliphatic carbocycles. The zero-order valence-electron chi connectivity index (χ0n) is 16.0. The van der Waals surface area contributed by atoms with Gasteiger partial charge in [0.15, 0.2) is 5.65 Å². The second kappa shape index (κ2) is 6.53. The number of hydrogen-bond donors (Lipinski definition) is 1. The molecule has 29 heavy (non-hydrogen) atoms. The molecule has 1 unspecified atom stereocenters. The summed E-state index contributed by atoms with van der Waals surface area (Å²) in [6, 6.07) is 5.83. The highest BCUT2D eigenvalue weighted by Gasteiger charge is 2.25. The highest BCUT2D eigenvalue weighted by atomic mass is 32.2. The van der Waals surface area contributed by atoms with Crippen LogP contribution < -0.4 is 4.90 Å². The molecule has 4 aromatic rings. The Morgan fingerprint density at radius 2 is 2.10 bits per heavy atom. The molecular formula is C19H20N6O3S. The number of nitrogens with one attached hydrogen (secondary N) is 1. The lowest BCUT2D eigenvalue weighted by Gasteiger charge is -2.35. The van der Waals surface area contributed by atoms with Crippen LogP contribution in [-0.2, 0) is 14.8 Å². The normalized spacial score (nSPS) is 18.0. The average Bonchev–Trinajstić information content (AvgIpc) is 3.34. The molecule has 4 aromatic heterocycles. The minimum atomic E-state index is -3.51. The monoisotopic (exact) mass is 412 g/mol. The van der Waals surface area contributed by atoms with Gasteiger partial charge in [-0.05, 0) is 25.1 Å². The third-order valence-electron chi connectivity index (χ3n) is 5.23. The average molecular weight is 412 g/mol. The first-order valence-electron chi connectivity index (χ1n) is 9.29. The molecule has 1 aliphatic heterocycles. The molecular weight excluding hydrogens is 392 g/mol. The topological polar surface area (TPSA) is 106 Å². The molecule has 1 fully saturated rings. The third-order valence-corrected chi connectivity index (χ3v) is 6.24. The van der Waals surface area contributed by atoms with Gasteiger partial charge in [0.05, 0.1) is 30.9 Å². The van der Waals surface area contributed by atoms with Crippen LogP contribution in [0.3, 0.4) is 0 Å². The molecule has 5 rings (SSSR count). The fraction of sp³-hybridized carbons (Fsp3) is 0.316. The van der Waals surface area contributed by atoms with Crippen LogP contribution in [-0.4, -0.2) is 64.4 Å². The largest absolute Gasteiger partial charge is 0.377 e. The molecule has 0 radical (unpaired) electrons. The molecule has 0 bridgehead atoms. The molecule has 10 heteroatoms. The van der Waals surface area contributed by atoms with Crippen LogP contribution in [0.15, 0.2) is 36.9 Å². The maximum atomic E-state index is 12.3. The zero-order chi connectivity index (χ0) is 20.2. The molecule has 1 atom stereocenters. The van der Waals surface area contributed by atoms with Gasteiger partial charge in [0.1, 0.15) is 17.7 Å². The number of morpholine rings is 1. The standard InChI is InChI=1S/C19H20N6O3S/c1-12-10-28-8-7-24(12)16-9-15(17-14-3-5-20-18(14)22-11-21-17)23-19-13(16)4-6-25(19)29(2,26)27/h3-6,9,11-12H,7-8,10H2,1-2H3,(H,20,21,22). The van der Waals surface area contributed by atoms with Crippen molar-refractivity contribution in [3.8, 4) is 11.4 Å². The smallest absolute Gasteiger partial charge is 0.237 e. The maximum absolute atomic E-state index is 12.3. The number of rotatable bonds is 3. The quantitative estimate of drug-likeness (QED) is 0.549. The van der Waals surface area contributed by atoms with Crippen molar-refractivity contribution < 1.29 is 13.2 Å². The van der Waals surface area contributed by atoms with Gasteiger partial charge in [0.2, 0.25) is 10.0 Å². The Balaban J connectivity index is 1.82. The van der Waals surface area contributed by atoms with Gasteiger partial charge in [-0.3, -0.25) is 0 Å². The first-order chi connectivity index (χ1) is 13.9. The second-order valence-corrected chi connectivity index (χ2v) is 9.08. The van der Waals surface area contributed by atoms with E-state index in [2.05, 4.69) is 26.8 Å². The summed E-state index contributed by atoms with van der Waals surface area (Å²) in [7, 11) is -3.51. The van der Waals surface area contributed by atoms with Crippen molar-refractivity contribution in [2.45, 2.75) is 13.0 Å². The summed E-state index contributed by atoms with van der Waals surface area (Å²) < 4.78 is 31.5. The summed E-state index contributed by atoms with van der Waals surface area (Å²) in [5, 5.41) is 1.62. The SMILES string of the molecule is CC1COCCN1c1cc(-c2ncnc3[nH]ccc23)nc2c1ccn2S(C)(=O)=O. The van der Waals surface area contributed by atoms with Crippen molar-refractivity contribution >= 4 is 37.8 Å². The van der Waals surface area contributed by atoms with Crippen LogP contribution in [0.5, 0.6) is 0 Å². The van der Waals surface area contributed by atoms with Gasteiger partial charge in [0, 0.05) is 35.8 Å². The summed E-state index contributed by atoms with van der Waals surface area (Å²) >= 11 is 0. The number of aromatic nitrogens is 5. The van der Waals surface area contributed by atoms with Crippen LogP contribution in [0.25, 0.3) is 33.5 Å². The Morgan fingerprint density at radius 1 is 1.24 bits per heavy atom. The molecule has 0 amide bonds. The number of H-pyrrole nitrogens is 1. The summed E-state index contributed by atoms with van der Waals surface area (Å²) in [5.74, 6) is 0. The molecule has 1 N–H and O–H groups in total. The van der Waals surface area contributed by atoms with Crippen LogP contribution in [0.4, 0.5) is 5.69 Å². The number of aromatic amines is 1. The fourth-order valence-electron chi connectivity index (χ4n) is 3.86. The van der Waals surface area contributed by atoms with Crippen LogP contribution >= 0.6 is 0 Å². The summed E-state index contributed by atoms with van der Waals surface area (Å²) in [6.07, 6.45) is 6.00. The number of nitrogens with zero attached hydrogens (tertiary/aromatic N) is 5. The van der Waals surface area contributed by atoms with Gasteiger partial charge in [-0.25, -0.2) is 27.3 Å². The highest BCUT2D eigenvalue weighted by Crippen LogP contribution is 2.35. The van der Waals surface area contributed by atoms with E-state index >= 15 is 0 Å². The summed E-state index contributed by atoms with van der Waals surface area (Å²) in [4.78, 5) is 18.7. The van der Waals surface area contributed by atoms with Gasteiger partial charge >= 0.3 is 0 Å². The highest BCUT2D eigenvalue weighted by molar-refractivity contribution is 7.89. The van der Waals surface area contributed by atoms with E-state index in [4.69, 9.17) is 9.72 Å². The van der Waals surface area contributed by atoms with Gasteiger partial charge in [0.25, 0.3) is 0 Å². The van der Waals surface area contributed by atoms with E-state index in [1.807, 2.05) is 12.1 Å². The van der Waals surface area contributed by atoms with Crippen molar-refractivity contribution in [2.24, 2.45) is 0 Å². The molecule has 9 nitrogen and oxygen atoms in total. The van der Waals surface area contributed by atoms with Gasteiger partial charge in [-0.2, -0.15) is 0 Å². The van der Waals surface area contributed by atoms with E-state index in [1.54, 1.807) is 18.5 Å². The van der Waals surface area contributed by atoms with E-state index in [0.29, 0.717) is 42.4 Å². The Morgan fingerprint density at radius 3 is 2.90 bits per heavy atom. The summed E-state index contributed by atoms with van der Waals surface area (Å²) in [6.45, 7) is 4.04. The predicted octanol–water partition coefficient (Wildman–Crippen LogP) is 2.01. The number of ether oxygens (including phenoxy) is 1. The Bertz CT molecular complexity index is 1330. The van der Waals surface area contributed by atoms with Crippen LogP contribution in [0.1, 0.15) is 6.92 Å². The van der Waals surface area contributed by atoms with E-state index in [0.717, 1.165) is 16.5 Å². The lowest BCUT2D eigenvalue weighted by Crippen LogP contribution is -2.43. The van der Waals surface area contributed by atoms with Crippen molar-refractivity contribution in [1.29, 1.82) is 0 Å². The summed E-state index contributed by atoms with van der Waals surface area (Å²) in [5.41, 5.74) is 3.27. The first-order valence-corrected chi connectivity index (χ1v) is 11.1. The lowest BCUT2D eigenvalue weighted by atomic mass is 10.1. The first kappa shape index (κ1) is 18.1. The fourth-order valence-corrected chi connectivity index (χ4v) is 4.59. The number of pyridine rings is 1. The molecule has 5 heterocycles. The Kier molecular flexibility index (Phi) is 4.07. The molecule has 1 saturated heterocycles. The molecule has 150 valence electrons. The van der Waals surface area contributed by atoms with Gasteiger partial charge < -0.3 is 14.6 Å². The Labute approximate surface area is 167 Å². The van der Waals surface area contributed by atoms with Crippen LogP contribution in [0.2, 0.25) is 0 Å². The minimum Gasteiger partial charge on any atom is -0.377 e. The molecule has 0 saturated carbocycles.